The van der Waals surface area contributed by atoms with Gasteiger partial charge in [-0.25, -0.2) is 9.59 Å². The Morgan fingerprint density at radius 1 is 1.17 bits per heavy atom. The summed E-state index contributed by atoms with van der Waals surface area (Å²) in [5, 5.41) is 0. The van der Waals surface area contributed by atoms with E-state index in [0.717, 1.165) is 14.2 Å². The zero-order chi connectivity index (χ0) is 17.9. The molecule has 0 aromatic carbocycles. The largest absolute Gasteiger partial charge is 0.467 e. The van der Waals surface area contributed by atoms with Crippen molar-refractivity contribution in [1.29, 1.82) is 0 Å². The molecule has 2 atom stereocenters. The molecule has 0 aromatic rings. The summed E-state index contributed by atoms with van der Waals surface area (Å²) >= 11 is 0. The Labute approximate surface area is 138 Å². The topological polar surface area (TPSA) is 113 Å². The normalized spacial score (nSPS) is 26.5. The van der Waals surface area contributed by atoms with Crippen LogP contribution in [0.2, 0.25) is 0 Å². The minimum atomic E-state index is -1.25. The van der Waals surface area contributed by atoms with Crippen molar-refractivity contribution in [2.75, 3.05) is 20.8 Å². The number of Topliss-reactive ketones (excluding diaryl/α,β-unsaturated/α-hetero) is 2. The summed E-state index contributed by atoms with van der Waals surface area (Å²) in [6.45, 7) is -0.0842. The smallest absolute Gasteiger partial charge is 0.342 e. The molecule has 0 radical (unpaired) electrons. The number of esters is 2. The Balaban J connectivity index is 2.76. The Morgan fingerprint density at radius 2 is 1.83 bits per heavy atom. The van der Waals surface area contributed by atoms with Gasteiger partial charge in [-0.05, 0) is 12.8 Å². The quantitative estimate of drug-likeness (QED) is 0.301. The van der Waals surface area contributed by atoms with Crippen LogP contribution >= 0.6 is 0 Å². The van der Waals surface area contributed by atoms with E-state index in [0.29, 0.717) is 0 Å². The molecule has 24 heavy (non-hydrogen) atoms. The molecule has 8 heteroatoms. The lowest BCUT2D eigenvalue weighted by Crippen LogP contribution is -2.39. The second-order valence-electron chi connectivity index (χ2n) is 5.78. The first-order valence-electron chi connectivity index (χ1n) is 7.45. The van der Waals surface area contributed by atoms with Crippen LogP contribution in [0.4, 0.5) is 0 Å². The molecule has 0 unspecified atom stereocenters. The lowest BCUT2D eigenvalue weighted by atomic mass is 9.70. The fourth-order valence-corrected chi connectivity index (χ4v) is 3.68. The number of methoxy groups -OCH3 is 2. The summed E-state index contributed by atoms with van der Waals surface area (Å²) < 4.78 is 14.3. The maximum Gasteiger partial charge on any atom is 0.342 e. The van der Waals surface area contributed by atoms with Gasteiger partial charge < -0.3 is 14.2 Å². The van der Waals surface area contributed by atoms with Crippen LogP contribution in [0.5, 0.6) is 0 Å². The summed E-state index contributed by atoms with van der Waals surface area (Å²) in [6.07, 6.45) is 0.434. The van der Waals surface area contributed by atoms with Crippen LogP contribution in [-0.2, 0) is 38.2 Å². The van der Waals surface area contributed by atoms with Gasteiger partial charge in [0.05, 0.1) is 19.8 Å². The maximum atomic E-state index is 12.4. The molecule has 130 valence electrons. The van der Waals surface area contributed by atoms with Crippen LogP contribution in [0.15, 0.2) is 11.1 Å². The van der Waals surface area contributed by atoms with Gasteiger partial charge >= 0.3 is 11.9 Å². The van der Waals surface area contributed by atoms with Gasteiger partial charge in [0.25, 0.3) is 6.47 Å². The van der Waals surface area contributed by atoms with Crippen molar-refractivity contribution < 1.29 is 38.2 Å². The van der Waals surface area contributed by atoms with E-state index in [1.54, 1.807) is 0 Å². The van der Waals surface area contributed by atoms with Crippen LogP contribution in [0.1, 0.15) is 25.7 Å². The van der Waals surface area contributed by atoms with Gasteiger partial charge in [-0.3, -0.25) is 14.4 Å². The zero-order valence-electron chi connectivity index (χ0n) is 13.5. The Hall–Kier alpha value is -2.51. The van der Waals surface area contributed by atoms with E-state index in [4.69, 9.17) is 9.47 Å². The van der Waals surface area contributed by atoms with Gasteiger partial charge in [-0.15, -0.1) is 0 Å². The summed E-state index contributed by atoms with van der Waals surface area (Å²) in [7, 11) is 2.20. The van der Waals surface area contributed by atoms with Gasteiger partial charge in [-0.1, -0.05) is 0 Å². The number of fused-ring (bicyclic) bond motifs is 1. The van der Waals surface area contributed by atoms with Crippen LogP contribution in [0.25, 0.3) is 0 Å². The second kappa shape index (κ2) is 6.94. The van der Waals surface area contributed by atoms with Gasteiger partial charge in [0.2, 0.25) is 0 Å². The fourth-order valence-electron chi connectivity index (χ4n) is 3.68. The molecule has 0 N–H and O–H groups in total. The first-order chi connectivity index (χ1) is 11.4. The number of carbonyl (C=O) groups excluding carboxylic acids is 5. The molecule has 1 fully saturated rings. The predicted octanol–water partition coefficient (Wildman–Crippen LogP) is 0.130. The highest BCUT2D eigenvalue weighted by molar-refractivity contribution is 6.22. The van der Waals surface area contributed by atoms with E-state index in [-0.39, 0.29) is 50.1 Å². The number of ether oxygens (including phenoxy) is 3. The molecule has 0 aliphatic heterocycles. The highest BCUT2D eigenvalue weighted by atomic mass is 16.5. The molecule has 0 aromatic heterocycles. The first-order valence-corrected chi connectivity index (χ1v) is 7.45. The van der Waals surface area contributed by atoms with E-state index in [1.165, 1.54) is 0 Å². The van der Waals surface area contributed by atoms with Crippen molar-refractivity contribution in [3.8, 4) is 0 Å². The number of ketones is 2. The van der Waals surface area contributed by atoms with Crippen LogP contribution < -0.4 is 0 Å². The second-order valence-corrected chi connectivity index (χ2v) is 5.78. The highest BCUT2D eigenvalue weighted by Gasteiger charge is 2.57. The Kier molecular flexibility index (Phi) is 5.16. The number of carbonyl (C=O) groups is 5. The molecule has 0 spiro atoms. The van der Waals surface area contributed by atoms with Crippen molar-refractivity contribution >= 4 is 30.0 Å². The molecule has 8 nitrogen and oxygen atoms in total. The number of hydrogen-bond donors (Lipinski definition) is 0. The average molecular weight is 338 g/mol. The molecule has 2 aliphatic rings. The van der Waals surface area contributed by atoms with Crippen molar-refractivity contribution in [3.63, 3.8) is 0 Å². The summed E-state index contributed by atoms with van der Waals surface area (Å²) in [6, 6.07) is 0. The molecular weight excluding hydrogens is 320 g/mol. The minimum absolute atomic E-state index is 0.0792. The number of rotatable bonds is 5. The summed E-state index contributed by atoms with van der Waals surface area (Å²) in [5.41, 5.74) is -1.89. The van der Waals surface area contributed by atoms with Gasteiger partial charge in [0.15, 0.2) is 5.78 Å². The lowest BCUT2D eigenvalue weighted by molar-refractivity contribution is -0.143. The van der Waals surface area contributed by atoms with Crippen LogP contribution in [0.3, 0.4) is 0 Å². The Bertz CT molecular complexity index is 632. The lowest BCUT2D eigenvalue weighted by Gasteiger charge is -2.33. The molecule has 2 rings (SSSR count). The molecule has 0 amide bonds. The highest BCUT2D eigenvalue weighted by Crippen LogP contribution is 2.52. The van der Waals surface area contributed by atoms with E-state index in [1.807, 2.05) is 0 Å². The van der Waals surface area contributed by atoms with Crippen molar-refractivity contribution in [2.45, 2.75) is 25.7 Å². The van der Waals surface area contributed by atoms with E-state index >= 15 is 0 Å². The molecular formula is C16H18O8. The Morgan fingerprint density at radius 3 is 2.42 bits per heavy atom. The minimum Gasteiger partial charge on any atom is -0.467 e. The van der Waals surface area contributed by atoms with Gasteiger partial charge in [0, 0.05) is 24.2 Å². The zero-order valence-corrected chi connectivity index (χ0v) is 13.5. The van der Waals surface area contributed by atoms with Gasteiger partial charge in [0.1, 0.15) is 18.0 Å². The molecule has 0 heterocycles. The molecule has 0 bridgehead atoms. The summed E-state index contributed by atoms with van der Waals surface area (Å²) in [5.74, 6) is -3.29. The third-order valence-electron chi connectivity index (χ3n) is 4.75. The van der Waals surface area contributed by atoms with Crippen molar-refractivity contribution in [1.82, 2.24) is 0 Å². The SMILES string of the molecule is COC(=O)C1=C(C(=O)OC)[C@@]2(COC=O)CCC(=O)[C@H]2CCC1=O. The third-order valence-corrected chi connectivity index (χ3v) is 4.75. The predicted molar refractivity (Wildman–Crippen MR) is 77.5 cm³/mol. The molecule has 0 saturated heterocycles. The molecule has 2 aliphatic carbocycles. The average Bonchev–Trinajstić information content (AvgIpc) is 2.83. The third kappa shape index (κ3) is 2.72. The van der Waals surface area contributed by atoms with Crippen molar-refractivity contribution in [2.24, 2.45) is 11.3 Å². The summed E-state index contributed by atoms with van der Waals surface area (Å²) in [4.78, 5) is 59.9. The van der Waals surface area contributed by atoms with E-state index < -0.39 is 34.6 Å². The standard InChI is InChI=1S/C16H18O8/c1-22-14(20)12-11(19)4-3-9-10(18)5-6-16(9,7-24-8-17)13(12)15(21)23-2/h8-9H,3-7H2,1-2H3/t9-,16-/m1/s1. The number of hydrogen-bond acceptors (Lipinski definition) is 8. The fraction of sp³-hybridized carbons (Fsp3) is 0.562. The van der Waals surface area contributed by atoms with E-state index in [2.05, 4.69) is 4.74 Å². The first kappa shape index (κ1) is 17.8. The van der Waals surface area contributed by atoms with Crippen LogP contribution in [-0.4, -0.2) is 50.8 Å². The van der Waals surface area contributed by atoms with Crippen LogP contribution in [0, 0.1) is 11.3 Å². The maximum absolute atomic E-state index is 12.4. The van der Waals surface area contributed by atoms with Crippen molar-refractivity contribution in [3.05, 3.63) is 11.1 Å². The van der Waals surface area contributed by atoms with Gasteiger partial charge in [-0.2, -0.15) is 0 Å². The monoisotopic (exact) mass is 338 g/mol. The molecule has 1 saturated carbocycles. The van der Waals surface area contributed by atoms with E-state index in [9.17, 15) is 24.0 Å².